The minimum Gasteiger partial charge on any atom is -0.255 e. The highest BCUT2D eigenvalue weighted by atomic mass is 32.2. The molecule has 1 aliphatic heterocycles. The van der Waals surface area contributed by atoms with Crippen LogP contribution in [0.4, 0.5) is 0 Å². The number of fused-ring (bicyclic) bond motifs is 1. The van der Waals surface area contributed by atoms with E-state index in [4.69, 9.17) is 0 Å². The lowest BCUT2D eigenvalue weighted by atomic mass is 10.2. The van der Waals surface area contributed by atoms with E-state index in [1.165, 1.54) is 0 Å². The summed E-state index contributed by atoms with van der Waals surface area (Å²) in [6, 6.07) is 1.97. The lowest BCUT2D eigenvalue weighted by Crippen LogP contribution is -1.91. The lowest BCUT2D eigenvalue weighted by molar-refractivity contribution is 0.688. The quantitative estimate of drug-likeness (QED) is 0.657. The molecule has 1 aliphatic rings. The Bertz CT molecular complexity index is 371. The molecule has 0 saturated carbocycles. The van der Waals surface area contributed by atoms with Crippen LogP contribution >= 0.6 is 0 Å². The van der Waals surface area contributed by atoms with Gasteiger partial charge in [-0.25, -0.2) is 4.21 Å². The molecular formula is C9H9NOS. The van der Waals surface area contributed by atoms with Gasteiger partial charge in [0.15, 0.2) is 0 Å². The Morgan fingerprint density at radius 3 is 3.17 bits per heavy atom. The Morgan fingerprint density at radius 2 is 2.42 bits per heavy atom. The van der Waals surface area contributed by atoms with Gasteiger partial charge < -0.3 is 0 Å². The Hall–Kier alpha value is -0.960. The molecule has 1 aromatic heterocycles. The summed E-state index contributed by atoms with van der Waals surface area (Å²) in [7, 11) is -0.953. The normalized spacial score (nSPS) is 19.6. The van der Waals surface area contributed by atoms with E-state index in [0.29, 0.717) is 0 Å². The average molecular weight is 179 g/mol. The number of aryl methyl sites for hydroxylation is 1. The first kappa shape index (κ1) is 7.68. The van der Waals surface area contributed by atoms with Crippen LogP contribution in [-0.4, -0.2) is 9.19 Å². The number of hydrogen-bond donors (Lipinski definition) is 0. The standard InChI is InChI=1S/C9H9NOS/c1-2-7-5-9-8(10-6-7)3-4-12(9)11/h3-6H,2H2,1H3. The molecule has 2 nitrogen and oxygen atoms in total. The highest BCUT2D eigenvalue weighted by Crippen LogP contribution is 2.22. The molecule has 0 bridgehead atoms. The molecule has 1 atom stereocenters. The Morgan fingerprint density at radius 1 is 1.58 bits per heavy atom. The molecule has 2 rings (SSSR count). The van der Waals surface area contributed by atoms with Gasteiger partial charge in [0.05, 0.1) is 21.4 Å². The molecule has 3 heteroatoms. The van der Waals surface area contributed by atoms with Crippen LogP contribution in [0.15, 0.2) is 22.6 Å². The first-order valence-electron chi connectivity index (χ1n) is 3.89. The van der Waals surface area contributed by atoms with Crippen molar-refractivity contribution in [1.29, 1.82) is 0 Å². The molecule has 62 valence electrons. The van der Waals surface area contributed by atoms with Crippen LogP contribution in [0.1, 0.15) is 18.2 Å². The molecule has 0 N–H and O–H groups in total. The molecule has 0 radical (unpaired) electrons. The van der Waals surface area contributed by atoms with E-state index in [1.54, 1.807) is 5.41 Å². The third-order valence-electron chi connectivity index (χ3n) is 1.91. The van der Waals surface area contributed by atoms with Crippen molar-refractivity contribution in [1.82, 2.24) is 4.98 Å². The molecule has 0 aromatic carbocycles. The van der Waals surface area contributed by atoms with Crippen LogP contribution < -0.4 is 0 Å². The zero-order valence-electron chi connectivity index (χ0n) is 6.78. The smallest absolute Gasteiger partial charge is 0.0800 e. The van der Waals surface area contributed by atoms with E-state index < -0.39 is 10.8 Å². The second kappa shape index (κ2) is 2.83. The second-order valence-corrected chi connectivity index (χ2v) is 3.99. The summed E-state index contributed by atoms with van der Waals surface area (Å²) in [5.41, 5.74) is 2.00. The van der Waals surface area contributed by atoms with E-state index in [-0.39, 0.29) is 0 Å². The first-order valence-corrected chi connectivity index (χ1v) is 5.10. The van der Waals surface area contributed by atoms with E-state index in [2.05, 4.69) is 11.9 Å². The van der Waals surface area contributed by atoms with Crippen LogP contribution in [0.3, 0.4) is 0 Å². The summed E-state index contributed by atoms with van der Waals surface area (Å²) in [4.78, 5) is 5.06. The molecule has 0 amide bonds. The molecule has 0 aliphatic carbocycles. The van der Waals surface area contributed by atoms with Crippen molar-refractivity contribution in [3.05, 3.63) is 28.9 Å². The molecular weight excluding hydrogens is 170 g/mol. The van der Waals surface area contributed by atoms with E-state index in [1.807, 2.05) is 18.3 Å². The number of aromatic nitrogens is 1. The lowest BCUT2D eigenvalue weighted by Gasteiger charge is -1.99. The predicted octanol–water partition coefficient (Wildman–Crippen LogP) is 1.74. The van der Waals surface area contributed by atoms with Crippen molar-refractivity contribution >= 4 is 16.9 Å². The molecule has 0 saturated heterocycles. The zero-order chi connectivity index (χ0) is 8.55. The molecule has 0 spiro atoms. The number of rotatable bonds is 1. The molecule has 12 heavy (non-hydrogen) atoms. The van der Waals surface area contributed by atoms with Crippen LogP contribution in [0.2, 0.25) is 0 Å². The predicted molar refractivity (Wildman–Crippen MR) is 49.1 cm³/mol. The summed E-state index contributed by atoms with van der Waals surface area (Å²) >= 11 is 0. The van der Waals surface area contributed by atoms with Gasteiger partial charge in [-0.3, -0.25) is 4.98 Å². The largest absolute Gasteiger partial charge is 0.255 e. The molecule has 1 unspecified atom stereocenters. The van der Waals surface area contributed by atoms with Gasteiger partial charge in [0.25, 0.3) is 0 Å². The van der Waals surface area contributed by atoms with E-state index in [9.17, 15) is 4.21 Å². The second-order valence-electron chi connectivity index (χ2n) is 2.68. The summed E-state index contributed by atoms with van der Waals surface area (Å²) in [6.45, 7) is 2.06. The average Bonchev–Trinajstić information content (AvgIpc) is 2.47. The SMILES string of the molecule is CCc1cnc2c(c1)S(=O)C=C2. The van der Waals surface area contributed by atoms with Gasteiger partial charge in [-0.1, -0.05) is 6.92 Å². The van der Waals surface area contributed by atoms with Gasteiger partial charge in [-0.15, -0.1) is 0 Å². The fourth-order valence-electron chi connectivity index (χ4n) is 1.17. The third-order valence-corrected chi connectivity index (χ3v) is 3.06. The Kier molecular flexibility index (Phi) is 1.81. The van der Waals surface area contributed by atoms with Gasteiger partial charge in [0.1, 0.15) is 0 Å². The summed E-state index contributed by atoms with van der Waals surface area (Å²) in [5, 5.41) is 1.68. The van der Waals surface area contributed by atoms with Crippen LogP contribution in [0.25, 0.3) is 6.08 Å². The minimum atomic E-state index is -0.953. The van der Waals surface area contributed by atoms with Crippen molar-refractivity contribution in [2.45, 2.75) is 18.2 Å². The van der Waals surface area contributed by atoms with Gasteiger partial charge in [0.2, 0.25) is 0 Å². The van der Waals surface area contributed by atoms with Crippen molar-refractivity contribution in [2.75, 3.05) is 0 Å². The molecule has 0 fully saturated rings. The summed E-state index contributed by atoms with van der Waals surface area (Å²) < 4.78 is 11.3. The van der Waals surface area contributed by atoms with Crippen molar-refractivity contribution in [3.8, 4) is 0 Å². The zero-order valence-corrected chi connectivity index (χ0v) is 7.60. The number of hydrogen-bond acceptors (Lipinski definition) is 2. The van der Waals surface area contributed by atoms with Gasteiger partial charge in [0, 0.05) is 11.6 Å². The number of nitrogens with zero attached hydrogens (tertiary/aromatic N) is 1. The van der Waals surface area contributed by atoms with Crippen LogP contribution in [0.5, 0.6) is 0 Å². The molecule has 1 aromatic rings. The van der Waals surface area contributed by atoms with Gasteiger partial charge in [-0.2, -0.15) is 0 Å². The minimum absolute atomic E-state index is 0.852. The maximum Gasteiger partial charge on any atom is 0.0800 e. The van der Waals surface area contributed by atoms with Crippen molar-refractivity contribution in [2.24, 2.45) is 0 Å². The topological polar surface area (TPSA) is 30.0 Å². The van der Waals surface area contributed by atoms with Crippen LogP contribution in [0, 0.1) is 0 Å². The van der Waals surface area contributed by atoms with E-state index >= 15 is 0 Å². The van der Waals surface area contributed by atoms with Gasteiger partial charge >= 0.3 is 0 Å². The first-order chi connectivity index (χ1) is 5.81. The van der Waals surface area contributed by atoms with Gasteiger partial charge in [-0.05, 0) is 24.1 Å². The molecule has 2 heterocycles. The van der Waals surface area contributed by atoms with Crippen molar-refractivity contribution in [3.63, 3.8) is 0 Å². The maximum atomic E-state index is 11.3. The number of pyridine rings is 1. The maximum absolute atomic E-state index is 11.3. The van der Waals surface area contributed by atoms with E-state index in [0.717, 1.165) is 22.6 Å². The fourth-order valence-corrected chi connectivity index (χ4v) is 2.17. The monoisotopic (exact) mass is 179 g/mol. The summed E-state index contributed by atoms with van der Waals surface area (Å²) in [6.07, 6.45) is 4.59. The highest BCUT2D eigenvalue weighted by molar-refractivity contribution is 7.88. The van der Waals surface area contributed by atoms with Crippen LogP contribution in [-0.2, 0) is 17.2 Å². The van der Waals surface area contributed by atoms with Crippen molar-refractivity contribution < 1.29 is 4.21 Å². The Labute approximate surface area is 73.8 Å². The highest BCUT2D eigenvalue weighted by Gasteiger charge is 2.13. The third kappa shape index (κ3) is 1.10. The fraction of sp³-hybridized carbons (Fsp3) is 0.222. The summed E-state index contributed by atoms with van der Waals surface area (Å²) in [5.74, 6) is 0. The Balaban J connectivity index is 2.55.